The summed E-state index contributed by atoms with van der Waals surface area (Å²) in [4.78, 5) is 30.8. The highest BCUT2D eigenvalue weighted by Gasteiger charge is 2.12. The fourth-order valence-corrected chi connectivity index (χ4v) is 3.25. The maximum Gasteiger partial charge on any atom is 0.255 e. The third-order valence-electron chi connectivity index (χ3n) is 4.31. The number of carbonyl (C=O) groups is 3. The SMILES string of the molecule is C=O.C=O.CCOc1ccc(C(=O)Nc2ccc(CN3CCCC3)cc2)cc1Cl. The first-order valence-corrected chi connectivity index (χ1v) is 9.66. The Morgan fingerprint density at radius 2 is 1.69 bits per heavy atom. The number of nitrogens with one attached hydrogen (secondary N) is 1. The van der Waals surface area contributed by atoms with Crippen LogP contribution in [0.5, 0.6) is 5.75 Å². The van der Waals surface area contributed by atoms with Crippen molar-refractivity contribution in [1.29, 1.82) is 0 Å². The van der Waals surface area contributed by atoms with Crippen LogP contribution in [0.25, 0.3) is 0 Å². The van der Waals surface area contributed by atoms with Crippen molar-refractivity contribution < 1.29 is 19.1 Å². The number of hydrogen-bond donors (Lipinski definition) is 1. The molecular weight excluding hydrogens is 392 g/mol. The van der Waals surface area contributed by atoms with Crippen molar-refractivity contribution in [3.63, 3.8) is 0 Å². The maximum absolute atomic E-state index is 12.4. The first-order valence-electron chi connectivity index (χ1n) is 9.28. The Bertz CT molecular complexity index is 760. The number of anilines is 1. The smallest absolute Gasteiger partial charge is 0.255 e. The van der Waals surface area contributed by atoms with Gasteiger partial charge in [0.05, 0.1) is 11.6 Å². The topological polar surface area (TPSA) is 75.7 Å². The quantitative estimate of drug-likeness (QED) is 0.760. The van der Waals surface area contributed by atoms with Gasteiger partial charge < -0.3 is 19.6 Å². The van der Waals surface area contributed by atoms with Gasteiger partial charge in [-0.05, 0) is 68.8 Å². The molecular formula is C22H27ClN2O4. The normalized spacial score (nSPS) is 12.8. The number of likely N-dealkylation sites (tertiary alicyclic amines) is 1. The van der Waals surface area contributed by atoms with Crippen molar-refractivity contribution in [2.75, 3.05) is 25.0 Å². The van der Waals surface area contributed by atoms with Crippen LogP contribution in [0.1, 0.15) is 35.7 Å². The zero-order valence-electron chi connectivity index (χ0n) is 16.7. The van der Waals surface area contributed by atoms with E-state index in [-0.39, 0.29) is 5.91 Å². The molecule has 7 heteroatoms. The average molecular weight is 419 g/mol. The summed E-state index contributed by atoms with van der Waals surface area (Å²) in [6.45, 7) is 9.76. The van der Waals surface area contributed by atoms with Crippen LogP contribution < -0.4 is 10.1 Å². The molecule has 0 aliphatic carbocycles. The second-order valence-corrected chi connectivity index (χ2v) is 6.62. The third kappa shape index (κ3) is 7.68. The fraction of sp³-hybridized carbons (Fsp3) is 0.318. The molecule has 1 fully saturated rings. The molecule has 0 radical (unpaired) electrons. The summed E-state index contributed by atoms with van der Waals surface area (Å²) >= 11 is 6.15. The Labute approximate surface area is 176 Å². The van der Waals surface area contributed by atoms with Gasteiger partial charge in [-0.25, -0.2) is 0 Å². The average Bonchev–Trinajstić information content (AvgIpc) is 3.27. The van der Waals surface area contributed by atoms with E-state index in [2.05, 4.69) is 22.3 Å². The van der Waals surface area contributed by atoms with Gasteiger partial charge in [0.25, 0.3) is 5.91 Å². The molecule has 1 saturated heterocycles. The highest BCUT2D eigenvalue weighted by molar-refractivity contribution is 6.32. The van der Waals surface area contributed by atoms with E-state index in [1.807, 2.05) is 32.6 Å². The highest BCUT2D eigenvalue weighted by Crippen LogP contribution is 2.26. The molecule has 1 amide bonds. The number of amides is 1. The lowest BCUT2D eigenvalue weighted by atomic mass is 10.1. The summed E-state index contributed by atoms with van der Waals surface area (Å²) < 4.78 is 5.39. The Morgan fingerprint density at radius 1 is 1.07 bits per heavy atom. The van der Waals surface area contributed by atoms with E-state index in [4.69, 9.17) is 25.9 Å². The molecule has 1 heterocycles. The molecule has 29 heavy (non-hydrogen) atoms. The Hall–Kier alpha value is -2.70. The van der Waals surface area contributed by atoms with Gasteiger partial charge in [-0.2, -0.15) is 0 Å². The Kier molecular flexibility index (Phi) is 11.3. The van der Waals surface area contributed by atoms with Crippen LogP contribution >= 0.6 is 11.6 Å². The summed E-state index contributed by atoms with van der Waals surface area (Å²) in [5.41, 5.74) is 2.55. The predicted octanol–water partition coefficient (Wildman–Crippen LogP) is 4.22. The van der Waals surface area contributed by atoms with Crippen LogP contribution in [0.3, 0.4) is 0 Å². The number of nitrogens with zero attached hydrogens (tertiary/aromatic N) is 1. The van der Waals surface area contributed by atoms with Gasteiger partial charge in [0, 0.05) is 17.8 Å². The first-order chi connectivity index (χ1) is 14.2. The van der Waals surface area contributed by atoms with E-state index in [0.29, 0.717) is 22.9 Å². The van der Waals surface area contributed by atoms with Gasteiger partial charge in [0.15, 0.2) is 0 Å². The van der Waals surface area contributed by atoms with E-state index in [1.165, 1.54) is 31.5 Å². The Morgan fingerprint density at radius 3 is 2.24 bits per heavy atom. The molecule has 3 rings (SSSR count). The van der Waals surface area contributed by atoms with Crippen LogP contribution in [0, 0.1) is 0 Å². The minimum absolute atomic E-state index is 0.183. The minimum atomic E-state index is -0.183. The van der Waals surface area contributed by atoms with Crippen LogP contribution in [0.4, 0.5) is 5.69 Å². The monoisotopic (exact) mass is 418 g/mol. The van der Waals surface area contributed by atoms with E-state index in [0.717, 1.165) is 12.2 Å². The lowest BCUT2D eigenvalue weighted by Gasteiger charge is -2.15. The number of rotatable bonds is 6. The molecule has 1 aliphatic heterocycles. The van der Waals surface area contributed by atoms with Gasteiger partial charge in [-0.15, -0.1) is 0 Å². The van der Waals surface area contributed by atoms with Crippen molar-refractivity contribution in [2.45, 2.75) is 26.3 Å². The molecule has 156 valence electrons. The lowest BCUT2D eigenvalue weighted by molar-refractivity contribution is -0.0987. The van der Waals surface area contributed by atoms with Crippen molar-refractivity contribution in [1.82, 2.24) is 4.90 Å². The number of halogens is 1. The fourth-order valence-electron chi connectivity index (χ4n) is 3.01. The number of benzene rings is 2. The summed E-state index contributed by atoms with van der Waals surface area (Å²) in [5, 5.41) is 3.35. The van der Waals surface area contributed by atoms with Crippen molar-refractivity contribution >= 4 is 36.8 Å². The van der Waals surface area contributed by atoms with Crippen LogP contribution in [-0.2, 0) is 16.1 Å². The lowest BCUT2D eigenvalue weighted by Crippen LogP contribution is -2.18. The van der Waals surface area contributed by atoms with Gasteiger partial charge in [-0.3, -0.25) is 9.69 Å². The van der Waals surface area contributed by atoms with Crippen molar-refractivity contribution in [3.05, 3.63) is 58.6 Å². The van der Waals surface area contributed by atoms with Gasteiger partial charge in [0.1, 0.15) is 19.3 Å². The summed E-state index contributed by atoms with van der Waals surface area (Å²) in [5.74, 6) is 0.407. The maximum atomic E-state index is 12.4. The molecule has 0 saturated carbocycles. The zero-order chi connectivity index (χ0) is 21.6. The number of carbonyl (C=O) groups excluding carboxylic acids is 3. The predicted molar refractivity (Wildman–Crippen MR) is 116 cm³/mol. The van der Waals surface area contributed by atoms with Gasteiger partial charge in [0.2, 0.25) is 0 Å². The Balaban J connectivity index is 0.000000989. The molecule has 1 N–H and O–H groups in total. The second-order valence-electron chi connectivity index (χ2n) is 6.21. The van der Waals surface area contributed by atoms with Crippen LogP contribution in [0.15, 0.2) is 42.5 Å². The molecule has 2 aromatic carbocycles. The summed E-state index contributed by atoms with van der Waals surface area (Å²) in [7, 11) is 0. The van der Waals surface area contributed by atoms with E-state index in [1.54, 1.807) is 18.2 Å². The zero-order valence-corrected chi connectivity index (χ0v) is 17.4. The first kappa shape index (κ1) is 24.3. The molecule has 2 aromatic rings. The molecule has 0 atom stereocenters. The van der Waals surface area contributed by atoms with Crippen molar-refractivity contribution in [2.24, 2.45) is 0 Å². The van der Waals surface area contributed by atoms with Crippen LogP contribution in [0.2, 0.25) is 5.02 Å². The number of hydrogen-bond acceptors (Lipinski definition) is 5. The molecule has 0 bridgehead atoms. The third-order valence-corrected chi connectivity index (χ3v) is 4.61. The van der Waals surface area contributed by atoms with Gasteiger partial charge >= 0.3 is 0 Å². The minimum Gasteiger partial charge on any atom is -0.492 e. The van der Waals surface area contributed by atoms with E-state index >= 15 is 0 Å². The molecule has 1 aliphatic rings. The highest BCUT2D eigenvalue weighted by atomic mass is 35.5. The van der Waals surface area contributed by atoms with Gasteiger partial charge in [-0.1, -0.05) is 23.7 Å². The summed E-state index contributed by atoms with van der Waals surface area (Å²) in [6, 6.07) is 13.1. The largest absolute Gasteiger partial charge is 0.492 e. The van der Waals surface area contributed by atoms with Crippen molar-refractivity contribution in [3.8, 4) is 5.75 Å². The van der Waals surface area contributed by atoms with E-state index < -0.39 is 0 Å². The van der Waals surface area contributed by atoms with Crippen LogP contribution in [-0.4, -0.2) is 44.1 Å². The molecule has 0 aromatic heterocycles. The second kappa shape index (κ2) is 13.5. The molecule has 0 unspecified atom stereocenters. The summed E-state index contributed by atoms with van der Waals surface area (Å²) in [6.07, 6.45) is 2.58. The van der Waals surface area contributed by atoms with E-state index in [9.17, 15) is 4.79 Å². The number of ether oxygens (including phenoxy) is 1. The standard InChI is InChI=1S/C20H23ClN2O2.2CH2O/c1-2-25-19-10-7-16(13-18(19)21)20(24)22-17-8-5-15(6-9-17)14-23-11-3-4-12-23;2*1-2/h5-10,13H,2-4,11-12,14H2,1H3,(H,22,24);2*1H2. The molecule has 6 nitrogen and oxygen atoms in total. The molecule has 0 spiro atoms.